The first kappa shape index (κ1) is 21.4. The predicted molar refractivity (Wildman–Crippen MR) is 123 cm³/mol. The Morgan fingerprint density at radius 2 is 1.94 bits per heavy atom. The van der Waals surface area contributed by atoms with E-state index < -0.39 is 6.03 Å². The van der Waals surface area contributed by atoms with Gasteiger partial charge in [0.05, 0.1) is 16.6 Å². The van der Waals surface area contributed by atoms with Crippen LogP contribution in [0.2, 0.25) is 0 Å². The van der Waals surface area contributed by atoms with E-state index in [0.29, 0.717) is 17.1 Å². The van der Waals surface area contributed by atoms with E-state index in [2.05, 4.69) is 38.5 Å². The smallest absolute Gasteiger partial charge is 0.334 e. The van der Waals surface area contributed by atoms with Crippen LogP contribution in [0, 0.1) is 0 Å². The standard InChI is InChI=1S/C21H20N8O.C2H6/c1-13(26-28(2)20(22)30)16-7-8-18-24-25-19(29(18)27-16)21(9-10-21)15-5-6-17-14(12-15)4-3-11-23-17;1-2/h3-8,11-12H,9-10H2,1-2H3,(H2,22,30);1-2H3/b26-13+;. The number of rotatable bonds is 4. The van der Waals surface area contributed by atoms with Crippen molar-refractivity contribution in [3.63, 3.8) is 0 Å². The van der Waals surface area contributed by atoms with Gasteiger partial charge in [-0.15, -0.1) is 10.2 Å². The molecule has 0 atom stereocenters. The number of aromatic nitrogens is 5. The van der Waals surface area contributed by atoms with Gasteiger partial charge in [-0.1, -0.05) is 26.0 Å². The number of hydrazone groups is 1. The zero-order valence-electron chi connectivity index (χ0n) is 18.6. The van der Waals surface area contributed by atoms with Crippen LogP contribution >= 0.6 is 0 Å². The van der Waals surface area contributed by atoms with Gasteiger partial charge in [0.1, 0.15) is 5.69 Å². The Morgan fingerprint density at radius 1 is 1.16 bits per heavy atom. The number of nitrogens with two attached hydrogens (primary N) is 1. The highest BCUT2D eigenvalue weighted by Gasteiger charge is 2.50. The van der Waals surface area contributed by atoms with Crippen LogP contribution in [0.1, 0.15) is 50.7 Å². The van der Waals surface area contributed by atoms with E-state index in [0.717, 1.165) is 34.6 Å². The van der Waals surface area contributed by atoms with Crippen LogP contribution in [0.15, 0.2) is 53.8 Å². The van der Waals surface area contributed by atoms with E-state index in [9.17, 15) is 4.79 Å². The third-order valence-electron chi connectivity index (χ3n) is 5.59. The third kappa shape index (κ3) is 3.66. The summed E-state index contributed by atoms with van der Waals surface area (Å²) < 4.78 is 1.78. The molecule has 0 bridgehead atoms. The Labute approximate surface area is 186 Å². The molecule has 1 aliphatic carbocycles. The van der Waals surface area contributed by atoms with Gasteiger partial charge in [0.2, 0.25) is 0 Å². The first-order valence-corrected chi connectivity index (χ1v) is 10.6. The largest absolute Gasteiger partial charge is 0.350 e. The van der Waals surface area contributed by atoms with E-state index in [1.54, 1.807) is 17.6 Å². The van der Waals surface area contributed by atoms with Gasteiger partial charge >= 0.3 is 6.03 Å². The summed E-state index contributed by atoms with van der Waals surface area (Å²) in [5.74, 6) is 0.804. The van der Waals surface area contributed by atoms with E-state index in [1.165, 1.54) is 12.6 Å². The minimum absolute atomic E-state index is 0.218. The molecule has 5 rings (SSSR count). The number of benzene rings is 1. The Hall–Kier alpha value is -3.88. The molecule has 0 aliphatic heterocycles. The van der Waals surface area contributed by atoms with Crippen LogP contribution in [0.3, 0.4) is 0 Å². The monoisotopic (exact) mass is 430 g/mol. The van der Waals surface area contributed by atoms with Gasteiger partial charge in [0.25, 0.3) is 0 Å². The molecular weight excluding hydrogens is 404 g/mol. The molecule has 164 valence electrons. The molecule has 0 spiro atoms. The number of nitrogens with zero attached hydrogens (tertiary/aromatic N) is 7. The van der Waals surface area contributed by atoms with Gasteiger partial charge in [0, 0.05) is 18.6 Å². The summed E-state index contributed by atoms with van der Waals surface area (Å²) in [6.07, 6.45) is 3.75. The maximum absolute atomic E-state index is 11.3. The number of carbonyl (C=O) groups excluding carboxylic acids is 1. The summed E-state index contributed by atoms with van der Waals surface area (Å²) in [7, 11) is 1.50. The fourth-order valence-electron chi connectivity index (χ4n) is 3.75. The molecule has 1 fully saturated rings. The fourth-order valence-corrected chi connectivity index (χ4v) is 3.75. The van der Waals surface area contributed by atoms with Gasteiger partial charge in [-0.25, -0.2) is 9.80 Å². The molecule has 2 amide bonds. The second-order valence-electron chi connectivity index (χ2n) is 7.55. The van der Waals surface area contributed by atoms with Crippen LogP contribution in [0.25, 0.3) is 16.6 Å². The van der Waals surface area contributed by atoms with Gasteiger partial charge in [-0.05, 0) is 55.7 Å². The zero-order chi connectivity index (χ0) is 22.9. The number of hydrogen-bond donors (Lipinski definition) is 1. The average Bonchev–Trinajstić information content (AvgIpc) is 3.52. The van der Waals surface area contributed by atoms with E-state index >= 15 is 0 Å². The SMILES string of the molecule is C/C(=N\N(C)C(N)=O)c1ccc2nnc(C3(c4ccc5ncccc5c4)CC3)n2n1.CC. The highest BCUT2D eigenvalue weighted by Crippen LogP contribution is 2.53. The number of primary amides is 1. The van der Waals surface area contributed by atoms with Crippen LogP contribution in [0.4, 0.5) is 4.79 Å². The van der Waals surface area contributed by atoms with E-state index in [4.69, 9.17) is 10.8 Å². The first-order chi connectivity index (χ1) is 15.5. The number of fused-ring (bicyclic) bond motifs is 2. The Balaban J connectivity index is 0.00000119. The molecule has 0 saturated heterocycles. The zero-order valence-corrected chi connectivity index (χ0v) is 18.6. The molecule has 9 heteroatoms. The summed E-state index contributed by atoms with van der Waals surface area (Å²) in [5, 5.41) is 19.9. The minimum Gasteiger partial charge on any atom is -0.350 e. The maximum atomic E-state index is 11.3. The average molecular weight is 431 g/mol. The Kier molecular flexibility index (Phi) is 5.56. The van der Waals surface area contributed by atoms with Crippen LogP contribution in [-0.4, -0.2) is 48.6 Å². The van der Waals surface area contributed by atoms with Crippen molar-refractivity contribution in [2.75, 3.05) is 7.05 Å². The number of pyridine rings is 1. The van der Waals surface area contributed by atoms with Crippen molar-refractivity contribution in [1.82, 2.24) is 29.8 Å². The van der Waals surface area contributed by atoms with E-state index in [-0.39, 0.29) is 5.41 Å². The molecule has 1 saturated carbocycles. The lowest BCUT2D eigenvalue weighted by molar-refractivity contribution is 0.220. The predicted octanol–water partition coefficient (Wildman–Crippen LogP) is 3.51. The lowest BCUT2D eigenvalue weighted by Crippen LogP contribution is -2.28. The fraction of sp³-hybridized carbons (Fsp3) is 0.304. The molecule has 3 aromatic heterocycles. The first-order valence-electron chi connectivity index (χ1n) is 10.6. The molecule has 0 radical (unpaired) electrons. The second-order valence-corrected chi connectivity index (χ2v) is 7.55. The molecule has 32 heavy (non-hydrogen) atoms. The summed E-state index contributed by atoms with van der Waals surface area (Å²) in [5.41, 5.74) is 9.05. The highest BCUT2D eigenvalue weighted by atomic mass is 16.2. The third-order valence-corrected chi connectivity index (χ3v) is 5.59. The molecule has 1 aromatic carbocycles. The summed E-state index contributed by atoms with van der Waals surface area (Å²) in [6.45, 7) is 5.78. The van der Waals surface area contributed by atoms with Gasteiger partial charge < -0.3 is 5.73 Å². The van der Waals surface area contributed by atoms with Crippen molar-refractivity contribution in [2.45, 2.75) is 39.0 Å². The molecule has 9 nitrogen and oxygen atoms in total. The van der Waals surface area contributed by atoms with Crippen LogP contribution in [0.5, 0.6) is 0 Å². The summed E-state index contributed by atoms with van der Waals surface area (Å²) in [6, 6.07) is 13.4. The quantitative estimate of drug-likeness (QED) is 0.393. The molecule has 1 aliphatic rings. The number of hydrogen-bond acceptors (Lipinski definition) is 6. The topological polar surface area (TPSA) is 115 Å². The van der Waals surface area contributed by atoms with Crippen molar-refractivity contribution in [1.29, 1.82) is 0 Å². The summed E-state index contributed by atoms with van der Waals surface area (Å²) in [4.78, 5) is 15.7. The molecule has 4 aromatic rings. The molecule has 2 N–H and O–H groups in total. The molecular formula is C23H26N8O. The van der Waals surface area contributed by atoms with Gasteiger partial charge in [-0.2, -0.15) is 14.7 Å². The Morgan fingerprint density at radius 3 is 2.66 bits per heavy atom. The van der Waals surface area contributed by atoms with Crippen LogP contribution < -0.4 is 5.73 Å². The number of amides is 2. The normalized spacial score (nSPS) is 14.7. The van der Waals surface area contributed by atoms with Crippen molar-refractivity contribution in [2.24, 2.45) is 10.8 Å². The summed E-state index contributed by atoms with van der Waals surface area (Å²) >= 11 is 0. The van der Waals surface area contributed by atoms with Gasteiger partial charge in [-0.3, -0.25) is 4.98 Å². The van der Waals surface area contributed by atoms with Gasteiger partial charge in [0.15, 0.2) is 11.5 Å². The van der Waals surface area contributed by atoms with E-state index in [1.807, 2.05) is 38.1 Å². The minimum atomic E-state index is -0.636. The number of urea groups is 1. The van der Waals surface area contributed by atoms with Crippen LogP contribution in [-0.2, 0) is 5.41 Å². The van der Waals surface area contributed by atoms with Crippen molar-refractivity contribution in [3.05, 3.63) is 65.7 Å². The maximum Gasteiger partial charge on any atom is 0.334 e. The number of carbonyl (C=O) groups is 1. The lowest BCUT2D eigenvalue weighted by atomic mass is 9.94. The molecule has 3 heterocycles. The highest BCUT2D eigenvalue weighted by molar-refractivity contribution is 5.97. The second kappa shape index (κ2) is 8.33. The molecule has 0 unspecified atom stereocenters. The Bertz CT molecular complexity index is 1320. The van der Waals surface area contributed by atoms with Crippen molar-refractivity contribution in [3.8, 4) is 0 Å². The van der Waals surface area contributed by atoms with Crippen molar-refractivity contribution < 1.29 is 4.79 Å². The van der Waals surface area contributed by atoms with Crippen molar-refractivity contribution >= 4 is 28.3 Å². The lowest BCUT2D eigenvalue weighted by Gasteiger charge is -2.15.